The topological polar surface area (TPSA) is 133 Å². The molecule has 246 valence electrons. The summed E-state index contributed by atoms with van der Waals surface area (Å²) in [4.78, 5) is 45.9. The van der Waals surface area contributed by atoms with Gasteiger partial charge in [0.1, 0.15) is 0 Å². The van der Waals surface area contributed by atoms with Crippen molar-refractivity contribution in [3.63, 3.8) is 0 Å². The minimum Gasteiger partial charge on any atom is -0.478 e. The molecular weight excluding hydrogens is 628 g/mol. The summed E-state index contributed by atoms with van der Waals surface area (Å²) in [5, 5.41) is 26.8. The van der Waals surface area contributed by atoms with Gasteiger partial charge in [0, 0.05) is 41.1 Å². The zero-order chi connectivity index (χ0) is 35.3. The largest absolute Gasteiger partial charge is 0.478 e. The molecule has 0 spiro atoms. The molecule has 0 aromatic heterocycles. The van der Waals surface area contributed by atoms with Crippen molar-refractivity contribution >= 4 is 56.7 Å². The monoisotopic (exact) mass is 660 g/mol. The van der Waals surface area contributed by atoms with E-state index < -0.39 is 29.2 Å². The van der Waals surface area contributed by atoms with Gasteiger partial charge in [-0.3, -0.25) is 9.59 Å². The molecule has 0 aliphatic heterocycles. The Labute approximate surface area is 288 Å². The summed E-state index contributed by atoms with van der Waals surface area (Å²) in [6, 6.07) is 42.4. The normalized spacial score (nSPS) is 11.6. The number of carbonyl (C=O) groups excluding carboxylic acids is 2. The lowest BCUT2D eigenvalue weighted by Crippen LogP contribution is -2.25. The molecule has 8 heteroatoms. The number of fused-ring (bicyclic) bond motifs is 2. The molecule has 0 bridgehead atoms. The van der Waals surface area contributed by atoms with Gasteiger partial charge in [0.15, 0.2) is 0 Å². The Morgan fingerprint density at radius 3 is 1.34 bits per heavy atom. The summed E-state index contributed by atoms with van der Waals surface area (Å²) in [5.74, 6) is -3.46. The molecule has 0 aliphatic rings. The highest BCUT2D eigenvalue weighted by atomic mass is 16.4. The van der Waals surface area contributed by atoms with Gasteiger partial charge in [0.05, 0.1) is 0 Å². The quantitative estimate of drug-likeness (QED) is 0.0866. The molecule has 0 radical (unpaired) electrons. The zero-order valence-electron chi connectivity index (χ0n) is 27.0. The van der Waals surface area contributed by atoms with E-state index in [0.29, 0.717) is 11.4 Å². The summed E-state index contributed by atoms with van der Waals surface area (Å²) >= 11 is 0. The average molecular weight is 661 g/mol. The molecule has 6 aromatic rings. The Hall–Kier alpha value is -6.80. The van der Waals surface area contributed by atoms with Crippen molar-refractivity contribution in [2.75, 3.05) is 10.6 Å². The number of carboxylic acids is 2. The maximum atomic E-state index is 12.2. The number of carboxylic acid groups (broad SMARTS) is 2. The lowest BCUT2D eigenvalue weighted by atomic mass is 9.70. The summed E-state index contributed by atoms with van der Waals surface area (Å²) in [6.07, 6.45) is 3.54. The van der Waals surface area contributed by atoms with Gasteiger partial charge in [-0.25, -0.2) is 9.59 Å². The van der Waals surface area contributed by atoms with Crippen LogP contribution in [0.2, 0.25) is 0 Å². The Morgan fingerprint density at radius 1 is 0.480 bits per heavy atom. The van der Waals surface area contributed by atoms with Crippen LogP contribution in [0.15, 0.2) is 152 Å². The lowest BCUT2D eigenvalue weighted by molar-refractivity contribution is -0.132. The summed E-state index contributed by atoms with van der Waals surface area (Å²) in [5.41, 5.74) is 5.91. The molecule has 0 saturated carbocycles. The number of aliphatic carboxylic acids is 2. The fourth-order valence-corrected chi connectivity index (χ4v) is 6.06. The molecule has 8 nitrogen and oxygen atoms in total. The zero-order valence-corrected chi connectivity index (χ0v) is 27.0. The first-order valence-electron chi connectivity index (χ1n) is 15.8. The van der Waals surface area contributed by atoms with Crippen LogP contribution in [0.1, 0.15) is 23.6 Å². The van der Waals surface area contributed by atoms with Crippen LogP contribution in [-0.4, -0.2) is 34.0 Å². The molecule has 0 atom stereocenters. The third kappa shape index (κ3) is 7.35. The van der Waals surface area contributed by atoms with Crippen LogP contribution in [-0.2, 0) is 24.6 Å². The molecular formula is C42H32N2O6. The molecule has 50 heavy (non-hydrogen) atoms. The fourth-order valence-electron chi connectivity index (χ4n) is 6.06. The van der Waals surface area contributed by atoms with Crippen molar-refractivity contribution in [2.45, 2.75) is 12.3 Å². The van der Waals surface area contributed by atoms with Crippen LogP contribution in [0.25, 0.3) is 32.7 Å². The van der Waals surface area contributed by atoms with Crippen molar-refractivity contribution < 1.29 is 29.4 Å². The predicted molar refractivity (Wildman–Crippen MR) is 196 cm³/mol. The van der Waals surface area contributed by atoms with Crippen molar-refractivity contribution in [2.24, 2.45) is 0 Å². The minimum absolute atomic E-state index is 0.532. The Morgan fingerprint density at radius 2 is 0.880 bits per heavy atom. The molecule has 0 aliphatic carbocycles. The highest BCUT2D eigenvalue weighted by Crippen LogP contribution is 2.42. The van der Waals surface area contributed by atoms with E-state index in [1.54, 1.807) is 12.1 Å². The molecule has 6 aromatic carbocycles. The Bertz CT molecular complexity index is 2200. The average Bonchev–Trinajstić information content (AvgIpc) is 3.12. The molecule has 0 unspecified atom stereocenters. The second kappa shape index (κ2) is 14.1. The van der Waals surface area contributed by atoms with Gasteiger partial charge < -0.3 is 20.8 Å². The molecule has 0 saturated heterocycles. The van der Waals surface area contributed by atoms with E-state index in [9.17, 15) is 19.2 Å². The van der Waals surface area contributed by atoms with Gasteiger partial charge in [-0.2, -0.15) is 0 Å². The standard InChI is InChI=1S/C42H32N2O6/c1-42(33-13-7-28(8-14-33)27-5-3-2-4-6-27,34-15-9-31-25-36(17-11-29(31)23-34)43-38(45)19-21-40(47)48)35-16-10-32-26-37(18-12-30(32)24-35)44-39(46)20-22-41(49)50/h2-26H,1H3,(H,43,45)(H,44,46)(H,47,48)(H,49,50)/b21-19+,22-20+. The first kappa shape index (κ1) is 33.1. The SMILES string of the molecule is CC(c1ccc(-c2ccccc2)cc1)(c1ccc2cc(NC(=O)/C=C/C(=O)O)ccc2c1)c1ccc2cc(NC(=O)/C=C/C(=O)O)ccc2c1. The van der Waals surface area contributed by atoms with Crippen molar-refractivity contribution in [1.29, 1.82) is 0 Å². The van der Waals surface area contributed by atoms with Gasteiger partial charge in [-0.1, -0.05) is 91.0 Å². The van der Waals surface area contributed by atoms with Gasteiger partial charge in [0.2, 0.25) is 11.8 Å². The van der Waals surface area contributed by atoms with E-state index in [1.165, 1.54) is 0 Å². The molecule has 0 fully saturated rings. The number of anilines is 2. The maximum Gasteiger partial charge on any atom is 0.328 e. The second-order valence-electron chi connectivity index (χ2n) is 11.9. The second-order valence-corrected chi connectivity index (χ2v) is 11.9. The minimum atomic E-state index is -1.20. The molecule has 6 rings (SSSR count). The third-order valence-corrected chi connectivity index (χ3v) is 8.69. The number of hydrogen-bond donors (Lipinski definition) is 4. The first-order valence-corrected chi connectivity index (χ1v) is 15.8. The van der Waals surface area contributed by atoms with Gasteiger partial charge >= 0.3 is 11.9 Å². The first-order chi connectivity index (χ1) is 24.1. The Balaban J connectivity index is 1.39. The van der Waals surface area contributed by atoms with Crippen LogP contribution in [0, 0.1) is 0 Å². The highest BCUT2D eigenvalue weighted by molar-refractivity contribution is 6.04. The number of nitrogens with one attached hydrogen (secondary N) is 2. The third-order valence-electron chi connectivity index (χ3n) is 8.69. The summed E-state index contributed by atoms with van der Waals surface area (Å²) in [7, 11) is 0. The van der Waals surface area contributed by atoms with E-state index in [1.807, 2.05) is 54.6 Å². The number of hydrogen-bond acceptors (Lipinski definition) is 4. The van der Waals surface area contributed by atoms with E-state index in [2.05, 4.69) is 78.2 Å². The van der Waals surface area contributed by atoms with Crippen LogP contribution in [0.3, 0.4) is 0 Å². The number of carbonyl (C=O) groups is 4. The molecule has 4 N–H and O–H groups in total. The molecule has 0 heterocycles. The van der Waals surface area contributed by atoms with Gasteiger partial charge in [-0.05, 0) is 92.7 Å². The van der Waals surface area contributed by atoms with Crippen molar-refractivity contribution in [3.05, 3.63) is 168 Å². The van der Waals surface area contributed by atoms with E-state index in [4.69, 9.17) is 10.2 Å². The smallest absolute Gasteiger partial charge is 0.328 e. The van der Waals surface area contributed by atoms with Crippen LogP contribution in [0.4, 0.5) is 11.4 Å². The van der Waals surface area contributed by atoms with Crippen molar-refractivity contribution in [3.8, 4) is 11.1 Å². The number of amides is 2. The number of benzene rings is 6. The summed E-state index contributed by atoms with van der Waals surface area (Å²) in [6.45, 7) is 2.19. The van der Waals surface area contributed by atoms with E-state index >= 15 is 0 Å². The Kier molecular flexibility index (Phi) is 9.36. The lowest BCUT2D eigenvalue weighted by Gasteiger charge is -2.33. The molecule has 2 amide bonds. The van der Waals surface area contributed by atoms with Crippen molar-refractivity contribution in [1.82, 2.24) is 0 Å². The van der Waals surface area contributed by atoms with Gasteiger partial charge in [-0.15, -0.1) is 0 Å². The van der Waals surface area contributed by atoms with Crippen LogP contribution in [0.5, 0.6) is 0 Å². The summed E-state index contributed by atoms with van der Waals surface area (Å²) < 4.78 is 0. The van der Waals surface area contributed by atoms with Crippen LogP contribution >= 0.6 is 0 Å². The van der Waals surface area contributed by atoms with Gasteiger partial charge in [0.25, 0.3) is 0 Å². The van der Waals surface area contributed by atoms with E-state index in [-0.39, 0.29) is 0 Å². The highest BCUT2D eigenvalue weighted by Gasteiger charge is 2.32. The fraction of sp³-hybridized carbons (Fsp3) is 0.0476. The number of rotatable bonds is 10. The van der Waals surface area contributed by atoms with Crippen LogP contribution < -0.4 is 10.6 Å². The predicted octanol–water partition coefficient (Wildman–Crippen LogP) is 8.17. The maximum absolute atomic E-state index is 12.2. The van der Waals surface area contributed by atoms with E-state index in [0.717, 1.165) is 73.7 Å².